The van der Waals surface area contributed by atoms with E-state index in [-0.39, 0.29) is 21.4 Å². The average molecular weight is 309 g/mol. The standard InChI is InChI=1S/C11H10Cl2O4S/c1-2-5-6(11(16)17)3-7(12)10(9(5)13)18-4-8(14)15/h3H,2,4H2,1H3,(H,14,15)(H,16,17). The molecular formula is C11H10Cl2O4S. The molecule has 0 aromatic heterocycles. The van der Waals surface area contributed by atoms with Gasteiger partial charge in [-0.25, -0.2) is 4.79 Å². The van der Waals surface area contributed by atoms with Crippen molar-refractivity contribution in [1.82, 2.24) is 0 Å². The van der Waals surface area contributed by atoms with Crippen LogP contribution in [0.5, 0.6) is 0 Å². The first-order valence-electron chi connectivity index (χ1n) is 4.97. The van der Waals surface area contributed by atoms with Crippen molar-refractivity contribution in [2.75, 3.05) is 5.75 Å². The van der Waals surface area contributed by atoms with Gasteiger partial charge in [-0.3, -0.25) is 4.79 Å². The second-order valence-corrected chi connectivity index (χ2v) is 5.14. The number of carboxylic acids is 2. The molecule has 0 bridgehead atoms. The number of halogens is 2. The SMILES string of the molecule is CCc1c(C(=O)O)cc(Cl)c(SCC(=O)O)c1Cl. The van der Waals surface area contributed by atoms with Crippen molar-refractivity contribution in [3.63, 3.8) is 0 Å². The van der Waals surface area contributed by atoms with Gasteiger partial charge in [-0.2, -0.15) is 0 Å². The van der Waals surface area contributed by atoms with E-state index in [0.717, 1.165) is 11.8 Å². The van der Waals surface area contributed by atoms with Gasteiger partial charge in [0, 0.05) is 4.90 Å². The van der Waals surface area contributed by atoms with Crippen LogP contribution >= 0.6 is 35.0 Å². The lowest BCUT2D eigenvalue weighted by molar-refractivity contribution is -0.133. The fourth-order valence-corrected chi connectivity index (χ4v) is 3.07. The summed E-state index contributed by atoms with van der Waals surface area (Å²) in [5.41, 5.74) is 0.508. The molecule has 1 aromatic carbocycles. The van der Waals surface area contributed by atoms with E-state index in [4.69, 9.17) is 33.4 Å². The van der Waals surface area contributed by atoms with Gasteiger partial charge in [0.15, 0.2) is 0 Å². The van der Waals surface area contributed by atoms with E-state index < -0.39 is 11.9 Å². The Bertz CT molecular complexity index is 502. The molecule has 1 aromatic rings. The molecule has 0 fully saturated rings. The Morgan fingerprint density at radius 1 is 1.33 bits per heavy atom. The van der Waals surface area contributed by atoms with Gasteiger partial charge in [0.1, 0.15) is 0 Å². The summed E-state index contributed by atoms with van der Waals surface area (Å²) < 4.78 is 0. The highest BCUT2D eigenvalue weighted by molar-refractivity contribution is 8.00. The van der Waals surface area contributed by atoms with Gasteiger partial charge in [0.2, 0.25) is 0 Å². The molecule has 7 heteroatoms. The van der Waals surface area contributed by atoms with Crippen LogP contribution in [0.3, 0.4) is 0 Å². The van der Waals surface area contributed by atoms with Gasteiger partial charge >= 0.3 is 11.9 Å². The summed E-state index contributed by atoms with van der Waals surface area (Å²) in [6.07, 6.45) is 0.429. The summed E-state index contributed by atoms with van der Waals surface area (Å²) in [7, 11) is 0. The molecule has 0 atom stereocenters. The summed E-state index contributed by atoms with van der Waals surface area (Å²) in [5.74, 6) is -2.28. The number of aliphatic carboxylic acids is 1. The van der Waals surface area contributed by atoms with E-state index in [9.17, 15) is 9.59 Å². The molecule has 0 aliphatic carbocycles. The molecule has 0 aliphatic heterocycles. The van der Waals surface area contributed by atoms with E-state index in [2.05, 4.69) is 0 Å². The van der Waals surface area contributed by atoms with Crippen LogP contribution in [-0.4, -0.2) is 27.9 Å². The van der Waals surface area contributed by atoms with Crippen LogP contribution in [0, 0.1) is 0 Å². The van der Waals surface area contributed by atoms with Gasteiger partial charge in [0.25, 0.3) is 0 Å². The number of rotatable bonds is 5. The third-order valence-electron chi connectivity index (χ3n) is 2.20. The van der Waals surface area contributed by atoms with Crippen LogP contribution in [-0.2, 0) is 11.2 Å². The molecule has 0 spiro atoms. The summed E-state index contributed by atoms with van der Waals surface area (Å²) in [5, 5.41) is 18.0. The molecule has 2 N–H and O–H groups in total. The minimum Gasteiger partial charge on any atom is -0.481 e. The Labute approximate surface area is 118 Å². The first kappa shape index (κ1) is 15.1. The third kappa shape index (κ3) is 3.31. The maximum absolute atomic E-state index is 11.0. The predicted molar refractivity (Wildman–Crippen MR) is 71.2 cm³/mol. The third-order valence-corrected chi connectivity index (χ3v) is 4.24. The fraction of sp³-hybridized carbons (Fsp3) is 0.273. The van der Waals surface area contributed by atoms with Crippen LogP contribution in [0.2, 0.25) is 10.0 Å². The molecule has 4 nitrogen and oxygen atoms in total. The number of aromatic carboxylic acids is 1. The van der Waals surface area contributed by atoms with E-state index in [1.54, 1.807) is 6.92 Å². The van der Waals surface area contributed by atoms with E-state index >= 15 is 0 Å². The molecule has 0 unspecified atom stereocenters. The van der Waals surface area contributed by atoms with Gasteiger partial charge in [-0.05, 0) is 18.1 Å². The van der Waals surface area contributed by atoms with E-state index in [0.29, 0.717) is 16.9 Å². The number of thioether (sulfide) groups is 1. The van der Waals surface area contributed by atoms with Crippen molar-refractivity contribution >= 4 is 46.9 Å². The number of hydrogen-bond donors (Lipinski definition) is 2. The maximum Gasteiger partial charge on any atom is 0.336 e. The van der Waals surface area contributed by atoms with Gasteiger partial charge in [-0.1, -0.05) is 30.1 Å². The van der Waals surface area contributed by atoms with Gasteiger partial charge in [-0.15, -0.1) is 11.8 Å². The van der Waals surface area contributed by atoms with Crippen LogP contribution in [0.4, 0.5) is 0 Å². The Hall–Kier alpha value is -0.910. The van der Waals surface area contributed by atoms with Crippen molar-refractivity contribution in [2.45, 2.75) is 18.2 Å². The molecule has 98 valence electrons. The van der Waals surface area contributed by atoms with Crippen LogP contribution in [0.15, 0.2) is 11.0 Å². The summed E-state index contributed by atoms with van der Waals surface area (Å²) in [6.45, 7) is 1.77. The minimum absolute atomic E-state index is 0.0483. The Morgan fingerprint density at radius 3 is 2.39 bits per heavy atom. The second kappa shape index (κ2) is 6.31. The lowest BCUT2D eigenvalue weighted by atomic mass is 10.1. The first-order valence-corrected chi connectivity index (χ1v) is 6.71. The second-order valence-electron chi connectivity index (χ2n) is 3.37. The zero-order chi connectivity index (χ0) is 13.9. The van der Waals surface area contributed by atoms with Gasteiger partial charge < -0.3 is 10.2 Å². The number of hydrogen-bond acceptors (Lipinski definition) is 3. The molecule has 1 rings (SSSR count). The topological polar surface area (TPSA) is 74.6 Å². The molecular weight excluding hydrogens is 299 g/mol. The number of carboxylic acid groups (broad SMARTS) is 2. The molecule has 18 heavy (non-hydrogen) atoms. The number of benzene rings is 1. The normalized spacial score (nSPS) is 10.4. The smallest absolute Gasteiger partial charge is 0.336 e. The fourth-order valence-electron chi connectivity index (χ4n) is 1.44. The molecule has 0 heterocycles. The first-order chi connectivity index (χ1) is 8.38. The Balaban J connectivity index is 3.29. The molecule has 0 radical (unpaired) electrons. The summed E-state index contributed by atoms with van der Waals surface area (Å²) in [6, 6.07) is 1.30. The average Bonchev–Trinajstić information content (AvgIpc) is 2.27. The van der Waals surface area contributed by atoms with Crippen molar-refractivity contribution in [2.24, 2.45) is 0 Å². The maximum atomic E-state index is 11.0. The highest BCUT2D eigenvalue weighted by Gasteiger charge is 2.19. The van der Waals surface area contributed by atoms with Crippen molar-refractivity contribution < 1.29 is 19.8 Å². The summed E-state index contributed by atoms with van der Waals surface area (Å²) >= 11 is 13.0. The van der Waals surface area contributed by atoms with Crippen LogP contribution < -0.4 is 0 Å². The quantitative estimate of drug-likeness (QED) is 0.815. The summed E-state index contributed by atoms with van der Waals surface area (Å²) in [4.78, 5) is 22.0. The molecule has 0 saturated carbocycles. The largest absolute Gasteiger partial charge is 0.481 e. The molecule has 0 aliphatic rings. The number of carbonyl (C=O) groups is 2. The molecule has 0 saturated heterocycles. The van der Waals surface area contributed by atoms with Crippen molar-refractivity contribution in [1.29, 1.82) is 0 Å². The van der Waals surface area contributed by atoms with Crippen LogP contribution in [0.25, 0.3) is 0 Å². The highest BCUT2D eigenvalue weighted by atomic mass is 35.5. The van der Waals surface area contributed by atoms with E-state index in [1.165, 1.54) is 6.07 Å². The lowest BCUT2D eigenvalue weighted by Gasteiger charge is -2.12. The van der Waals surface area contributed by atoms with Crippen molar-refractivity contribution in [3.05, 3.63) is 27.2 Å². The highest BCUT2D eigenvalue weighted by Crippen LogP contribution is 2.38. The van der Waals surface area contributed by atoms with Gasteiger partial charge in [0.05, 0.1) is 21.4 Å². The zero-order valence-corrected chi connectivity index (χ0v) is 11.7. The Kier molecular flexibility index (Phi) is 5.31. The lowest BCUT2D eigenvalue weighted by Crippen LogP contribution is -2.05. The molecule has 0 amide bonds. The zero-order valence-electron chi connectivity index (χ0n) is 9.37. The predicted octanol–water partition coefficient (Wildman–Crippen LogP) is 3.43. The monoisotopic (exact) mass is 308 g/mol. The van der Waals surface area contributed by atoms with E-state index in [1.807, 2.05) is 0 Å². The van der Waals surface area contributed by atoms with Crippen molar-refractivity contribution in [3.8, 4) is 0 Å². The van der Waals surface area contributed by atoms with Crippen LogP contribution in [0.1, 0.15) is 22.8 Å². The Morgan fingerprint density at radius 2 is 1.94 bits per heavy atom. The minimum atomic E-state index is -1.11.